The fourth-order valence-corrected chi connectivity index (χ4v) is 5.14. The molecule has 1 aliphatic heterocycles. The number of ether oxygens (including phenoxy) is 1. The van der Waals surface area contributed by atoms with Crippen molar-refractivity contribution in [3.05, 3.63) is 101 Å². The van der Waals surface area contributed by atoms with Crippen LogP contribution in [0.5, 0.6) is 0 Å². The lowest BCUT2D eigenvalue weighted by Crippen LogP contribution is -2.41. The van der Waals surface area contributed by atoms with Crippen molar-refractivity contribution in [2.45, 2.75) is 58.2 Å². The summed E-state index contributed by atoms with van der Waals surface area (Å²) in [6, 6.07) is 25.0. The van der Waals surface area contributed by atoms with Crippen LogP contribution in [-0.4, -0.2) is 37.6 Å². The van der Waals surface area contributed by atoms with Crippen LogP contribution in [0.4, 0.5) is 4.79 Å². The molecule has 1 aliphatic carbocycles. The lowest BCUT2D eigenvalue weighted by Gasteiger charge is -2.32. The van der Waals surface area contributed by atoms with Gasteiger partial charge in [-0.05, 0) is 73.0 Å². The molecule has 6 heteroatoms. The van der Waals surface area contributed by atoms with Gasteiger partial charge in [0.05, 0.1) is 11.2 Å². The third-order valence-corrected chi connectivity index (χ3v) is 8.05. The molecule has 38 heavy (non-hydrogen) atoms. The van der Waals surface area contributed by atoms with Crippen LogP contribution in [0.2, 0.25) is 0 Å². The van der Waals surface area contributed by atoms with Gasteiger partial charge < -0.3 is 19.4 Å². The second-order valence-corrected chi connectivity index (χ2v) is 11.1. The Hall–Kier alpha value is -3.35. The molecular weight excluding hydrogens is 473 g/mol. The minimum absolute atomic E-state index is 0.0167. The Labute approximate surface area is 226 Å². The fraction of sp³-hybridized carbons (Fsp3) is 0.344. The Morgan fingerprint density at radius 2 is 1.53 bits per heavy atom. The highest BCUT2D eigenvalue weighted by molar-refractivity contribution is 6.56. The maximum atomic E-state index is 12.9. The van der Waals surface area contributed by atoms with Crippen molar-refractivity contribution < 1.29 is 18.8 Å². The van der Waals surface area contributed by atoms with E-state index in [1.807, 2.05) is 64.1 Å². The molecule has 0 aromatic heterocycles. The van der Waals surface area contributed by atoms with Gasteiger partial charge in [-0.25, -0.2) is 4.79 Å². The number of alkyl carbamates (subject to hydrolysis) is 1. The van der Waals surface area contributed by atoms with Gasteiger partial charge in [0.15, 0.2) is 0 Å². The normalized spacial score (nSPS) is 17.7. The highest BCUT2D eigenvalue weighted by Gasteiger charge is 2.52. The first-order valence-electron chi connectivity index (χ1n) is 13.4. The number of benzene rings is 3. The molecule has 3 aromatic carbocycles. The van der Waals surface area contributed by atoms with E-state index in [2.05, 4.69) is 54.7 Å². The van der Waals surface area contributed by atoms with E-state index < -0.39 is 24.4 Å². The third-order valence-electron chi connectivity index (χ3n) is 8.05. The lowest BCUT2D eigenvalue weighted by molar-refractivity contribution is 0.00578. The van der Waals surface area contributed by atoms with Gasteiger partial charge in [-0.1, -0.05) is 85.8 Å². The van der Waals surface area contributed by atoms with E-state index in [0.717, 1.165) is 17.5 Å². The molecule has 196 valence electrons. The molecule has 1 amide bonds. The average molecular weight is 509 g/mol. The molecule has 0 spiro atoms. The zero-order valence-corrected chi connectivity index (χ0v) is 22.9. The highest BCUT2D eigenvalue weighted by atomic mass is 16.7. The Balaban J connectivity index is 1.30. The standard InChI is InChI=1S/C32H36BNO4/c1-6-22-12-11-13-23(18-22)19-24(33-37-31(2,3)32(4,5)38-33)20-34-30(35)36-21-29-27-16-9-7-14-25(27)26-15-8-10-17-28(26)29/h7-19,29H,6,20-21H2,1-5H3,(H,34,35). The van der Waals surface area contributed by atoms with Gasteiger partial charge in [0.25, 0.3) is 0 Å². The van der Waals surface area contributed by atoms with Crippen molar-refractivity contribution in [3.63, 3.8) is 0 Å². The van der Waals surface area contributed by atoms with E-state index in [0.29, 0.717) is 0 Å². The second kappa shape index (κ2) is 10.4. The predicted molar refractivity (Wildman–Crippen MR) is 153 cm³/mol. The van der Waals surface area contributed by atoms with E-state index in [4.69, 9.17) is 14.0 Å². The number of fused-ring (bicyclic) bond motifs is 3. The Kier molecular flexibility index (Phi) is 7.21. The van der Waals surface area contributed by atoms with Gasteiger partial charge in [0.2, 0.25) is 0 Å². The van der Waals surface area contributed by atoms with Crippen molar-refractivity contribution in [2.24, 2.45) is 0 Å². The third kappa shape index (κ3) is 5.16. The molecule has 5 rings (SSSR count). The zero-order valence-electron chi connectivity index (χ0n) is 22.9. The quantitative estimate of drug-likeness (QED) is 0.356. The summed E-state index contributed by atoms with van der Waals surface area (Å²) < 4.78 is 18.4. The van der Waals surface area contributed by atoms with E-state index in [1.54, 1.807) is 0 Å². The molecular formula is C32H36BNO4. The molecule has 2 aliphatic rings. The minimum atomic E-state index is -0.570. The van der Waals surface area contributed by atoms with Crippen LogP contribution < -0.4 is 5.32 Å². The van der Waals surface area contributed by atoms with Crippen LogP contribution in [0, 0.1) is 0 Å². The number of hydrogen-bond acceptors (Lipinski definition) is 4. The molecule has 0 bridgehead atoms. The van der Waals surface area contributed by atoms with Crippen LogP contribution in [0.25, 0.3) is 17.2 Å². The van der Waals surface area contributed by atoms with Gasteiger partial charge in [-0.3, -0.25) is 0 Å². The molecule has 1 fully saturated rings. The Morgan fingerprint density at radius 1 is 0.921 bits per heavy atom. The van der Waals surface area contributed by atoms with Gasteiger partial charge in [0.1, 0.15) is 6.61 Å². The summed E-state index contributed by atoms with van der Waals surface area (Å²) in [5.41, 5.74) is 6.96. The fourth-order valence-electron chi connectivity index (χ4n) is 5.14. The summed E-state index contributed by atoms with van der Waals surface area (Å²) in [4.78, 5) is 12.9. The van der Waals surface area contributed by atoms with Crippen molar-refractivity contribution >= 4 is 19.3 Å². The zero-order chi connectivity index (χ0) is 26.9. The molecule has 5 nitrogen and oxygen atoms in total. The van der Waals surface area contributed by atoms with Gasteiger partial charge in [0, 0.05) is 12.5 Å². The van der Waals surface area contributed by atoms with Crippen LogP contribution in [0.15, 0.2) is 78.3 Å². The summed E-state index contributed by atoms with van der Waals surface area (Å²) in [7, 11) is -0.570. The molecule has 3 aromatic rings. The maximum absolute atomic E-state index is 12.9. The largest absolute Gasteiger partial charge is 0.492 e. The smallest absolute Gasteiger partial charge is 0.449 e. The van der Waals surface area contributed by atoms with Gasteiger partial charge >= 0.3 is 13.2 Å². The Bertz CT molecular complexity index is 1300. The molecule has 0 radical (unpaired) electrons. The van der Waals surface area contributed by atoms with Gasteiger partial charge in [-0.15, -0.1) is 0 Å². The highest BCUT2D eigenvalue weighted by Crippen LogP contribution is 2.44. The van der Waals surface area contributed by atoms with E-state index in [9.17, 15) is 4.79 Å². The molecule has 1 N–H and O–H groups in total. The first-order valence-corrected chi connectivity index (χ1v) is 13.4. The molecule has 0 unspecified atom stereocenters. The summed E-state index contributed by atoms with van der Waals surface area (Å²) in [6.07, 6.45) is 2.54. The molecule has 1 saturated heterocycles. The number of carbonyl (C=O) groups excluding carboxylic acids is 1. The number of rotatable bonds is 7. The topological polar surface area (TPSA) is 56.8 Å². The van der Waals surface area contributed by atoms with Crippen molar-refractivity contribution in [2.75, 3.05) is 13.2 Å². The molecule has 1 heterocycles. The molecule has 0 atom stereocenters. The van der Waals surface area contributed by atoms with Crippen molar-refractivity contribution in [3.8, 4) is 11.1 Å². The summed E-state index contributed by atoms with van der Waals surface area (Å²) in [5, 5.41) is 2.95. The maximum Gasteiger partial charge on any atom is 0.492 e. The summed E-state index contributed by atoms with van der Waals surface area (Å²) >= 11 is 0. The van der Waals surface area contributed by atoms with Crippen LogP contribution >= 0.6 is 0 Å². The lowest BCUT2D eigenvalue weighted by atomic mass is 9.77. The number of aryl methyl sites for hydroxylation is 1. The van der Waals surface area contributed by atoms with E-state index in [1.165, 1.54) is 27.8 Å². The predicted octanol–water partition coefficient (Wildman–Crippen LogP) is 6.80. The van der Waals surface area contributed by atoms with E-state index in [-0.39, 0.29) is 19.1 Å². The second-order valence-electron chi connectivity index (χ2n) is 11.1. The summed E-state index contributed by atoms with van der Waals surface area (Å²) in [5.74, 6) is 0.0167. The van der Waals surface area contributed by atoms with Crippen molar-refractivity contribution in [1.29, 1.82) is 0 Å². The first-order chi connectivity index (χ1) is 18.2. The van der Waals surface area contributed by atoms with Crippen LogP contribution in [0.3, 0.4) is 0 Å². The minimum Gasteiger partial charge on any atom is -0.449 e. The summed E-state index contributed by atoms with van der Waals surface area (Å²) in [6.45, 7) is 10.8. The number of amides is 1. The average Bonchev–Trinajstić information content (AvgIpc) is 3.34. The Morgan fingerprint density at radius 3 is 2.13 bits per heavy atom. The SMILES string of the molecule is CCc1cccc(C=C(CNC(=O)OCC2c3ccccc3-c3ccccc32)B2OC(C)(C)C(C)(C)O2)c1. The van der Waals surface area contributed by atoms with Crippen LogP contribution in [0.1, 0.15) is 62.8 Å². The van der Waals surface area contributed by atoms with Gasteiger partial charge in [-0.2, -0.15) is 0 Å². The van der Waals surface area contributed by atoms with Crippen LogP contribution in [-0.2, 0) is 20.5 Å². The molecule has 0 saturated carbocycles. The number of nitrogens with one attached hydrogen (secondary N) is 1. The van der Waals surface area contributed by atoms with E-state index >= 15 is 0 Å². The monoisotopic (exact) mass is 509 g/mol. The van der Waals surface area contributed by atoms with Crippen molar-refractivity contribution in [1.82, 2.24) is 5.32 Å². The number of carbonyl (C=O) groups is 1. The number of hydrogen-bond donors (Lipinski definition) is 1. The first kappa shape index (κ1) is 26.3.